The predicted molar refractivity (Wildman–Crippen MR) is 54.1 cm³/mol. The van der Waals surface area contributed by atoms with Crippen LogP contribution in [0.25, 0.3) is 11.1 Å². The number of rotatable bonds is 1. The molecule has 2 rings (SSSR count). The molecule has 0 N–H and O–H groups in total. The maximum atomic E-state index is 11.2. The van der Waals surface area contributed by atoms with E-state index >= 15 is 0 Å². The second-order valence-corrected chi connectivity index (χ2v) is 3.19. The summed E-state index contributed by atoms with van der Waals surface area (Å²) in [5.41, 5.74) is 3.80. The molecule has 13 heavy (non-hydrogen) atoms. The molecule has 0 aromatic heterocycles. The monoisotopic (exact) mass is 170 g/mol. The fraction of sp³-hybridized carbons (Fsp3) is 0.0833. The number of hydrogen-bond donors (Lipinski definition) is 0. The molecule has 0 atom stereocenters. The lowest BCUT2D eigenvalue weighted by molar-refractivity contribution is -0.111. The molecule has 64 valence electrons. The number of ketones is 1. The van der Waals surface area contributed by atoms with Crippen LogP contribution in [-0.2, 0) is 4.79 Å². The number of Topliss-reactive ketones (excluding diaryl/α,β-unsaturated/α-hetero) is 1. The Morgan fingerprint density at radius 2 is 1.85 bits per heavy atom. The second kappa shape index (κ2) is 2.70. The van der Waals surface area contributed by atoms with E-state index in [9.17, 15) is 4.79 Å². The van der Waals surface area contributed by atoms with Crippen LogP contribution in [0.15, 0.2) is 36.9 Å². The minimum atomic E-state index is 0.103. The Balaban J connectivity index is 2.64. The first-order chi connectivity index (χ1) is 6.20. The van der Waals surface area contributed by atoms with Crippen LogP contribution in [-0.4, -0.2) is 5.78 Å². The molecule has 0 saturated heterocycles. The molecule has 0 spiro atoms. The summed E-state index contributed by atoms with van der Waals surface area (Å²) in [4.78, 5) is 11.2. The lowest BCUT2D eigenvalue weighted by Gasteiger charge is -2.00. The van der Waals surface area contributed by atoms with Crippen molar-refractivity contribution in [1.29, 1.82) is 0 Å². The third kappa shape index (κ3) is 1.13. The maximum absolute atomic E-state index is 11.2. The summed E-state index contributed by atoms with van der Waals surface area (Å²) in [6.45, 7) is 5.48. The quantitative estimate of drug-likeness (QED) is 0.633. The average molecular weight is 170 g/mol. The molecule has 0 aliphatic heterocycles. The van der Waals surface area contributed by atoms with Gasteiger partial charge >= 0.3 is 0 Å². The second-order valence-electron chi connectivity index (χ2n) is 3.19. The van der Waals surface area contributed by atoms with Crippen molar-refractivity contribution >= 4 is 16.9 Å². The van der Waals surface area contributed by atoms with E-state index < -0.39 is 0 Å². The van der Waals surface area contributed by atoms with Crippen molar-refractivity contribution in [3.8, 4) is 0 Å². The Morgan fingerprint density at radius 3 is 2.46 bits per heavy atom. The van der Waals surface area contributed by atoms with Crippen molar-refractivity contribution in [3.63, 3.8) is 0 Å². The van der Waals surface area contributed by atoms with Crippen molar-refractivity contribution in [2.45, 2.75) is 6.92 Å². The van der Waals surface area contributed by atoms with Crippen LogP contribution in [0.2, 0.25) is 0 Å². The Kier molecular flexibility index (Phi) is 1.66. The van der Waals surface area contributed by atoms with E-state index in [1.54, 1.807) is 6.92 Å². The molecule has 0 amide bonds. The molecular formula is C12H10O. The molecule has 0 bridgehead atoms. The SMILES string of the molecule is C=C1C=C(C(C)=O)c2ccccc21. The first-order valence-corrected chi connectivity index (χ1v) is 4.21. The number of carbonyl (C=O) groups is 1. The van der Waals surface area contributed by atoms with Crippen LogP contribution in [0.4, 0.5) is 0 Å². The van der Waals surface area contributed by atoms with E-state index in [4.69, 9.17) is 0 Å². The van der Waals surface area contributed by atoms with Crippen LogP contribution >= 0.6 is 0 Å². The summed E-state index contributed by atoms with van der Waals surface area (Å²) in [6, 6.07) is 7.85. The van der Waals surface area contributed by atoms with Crippen molar-refractivity contribution in [2.75, 3.05) is 0 Å². The molecule has 0 radical (unpaired) electrons. The summed E-state index contributed by atoms with van der Waals surface area (Å²) < 4.78 is 0. The van der Waals surface area contributed by atoms with Gasteiger partial charge in [0.05, 0.1) is 0 Å². The molecule has 1 aliphatic carbocycles. The van der Waals surface area contributed by atoms with Gasteiger partial charge in [-0.25, -0.2) is 0 Å². The lowest BCUT2D eigenvalue weighted by atomic mass is 10.0. The van der Waals surface area contributed by atoms with Gasteiger partial charge in [0.2, 0.25) is 0 Å². The number of allylic oxidation sites excluding steroid dienone is 3. The zero-order chi connectivity index (χ0) is 9.42. The van der Waals surface area contributed by atoms with E-state index in [1.807, 2.05) is 30.3 Å². The molecular weight excluding hydrogens is 160 g/mol. The highest BCUT2D eigenvalue weighted by atomic mass is 16.1. The van der Waals surface area contributed by atoms with Crippen LogP contribution in [0.3, 0.4) is 0 Å². The number of fused-ring (bicyclic) bond motifs is 1. The largest absolute Gasteiger partial charge is 0.294 e. The Bertz CT molecular complexity index is 425. The zero-order valence-corrected chi connectivity index (χ0v) is 7.50. The first kappa shape index (κ1) is 7.99. The van der Waals surface area contributed by atoms with Gasteiger partial charge in [0, 0.05) is 5.57 Å². The van der Waals surface area contributed by atoms with Crippen LogP contribution in [0.5, 0.6) is 0 Å². The first-order valence-electron chi connectivity index (χ1n) is 4.21. The fourth-order valence-corrected chi connectivity index (χ4v) is 1.62. The maximum Gasteiger partial charge on any atom is 0.160 e. The minimum absolute atomic E-state index is 0.103. The number of carbonyl (C=O) groups excluding carboxylic acids is 1. The Morgan fingerprint density at radius 1 is 1.23 bits per heavy atom. The van der Waals surface area contributed by atoms with Crippen LogP contribution in [0, 0.1) is 0 Å². The lowest BCUT2D eigenvalue weighted by Crippen LogP contribution is -1.93. The third-order valence-corrected chi connectivity index (χ3v) is 2.26. The number of hydrogen-bond acceptors (Lipinski definition) is 1. The van der Waals surface area contributed by atoms with Crippen LogP contribution in [0.1, 0.15) is 18.1 Å². The van der Waals surface area contributed by atoms with Crippen molar-refractivity contribution in [3.05, 3.63) is 48.0 Å². The number of benzene rings is 1. The fourth-order valence-electron chi connectivity index (χ4n) is 1.62. The van der Waals surface area contributed by atoms with Gasteiger partial charge in [0.1, 0.15) is 0 Å². The molecule has 1 aliphatic rings. The van der Waals surface area contributed by atoms with Gasteiger partial charge in [-0.1, -0.05) is 30.8 Å². The van der Waals surface area contributed by atoms with Gasteiger partial charge in [-0.05, 0) is 29.7 Å². The van der Waals surface area contributed by atoms with Gasteiger partial charge in [-0.15, -0.1) is 0 Å². The van der Waals surface area contributed by atoms with E-state index in [0.717, 1.165) is 22.3 Å². The highest BCUT2D eigenvalue weighted by molar-refractivity contribution is 6.25. The third-order valence-electron chi connectivity index (χ3n) is 2.26. The van der Waals surface area contributed by atoms with Gasteiger partial charge < -0.3 is 0 Å². The van der Waals surface area contributed by atoms with Gasteiger partial charge in [-0.2, -0.15) is 0 Å². The van der Waals surface area contributed by atoms with Gasteiger partial charge in [0.25, 0.3) is 0 Å². The van der Waals surface area contributed by atoms with E-state index in [1.165, 1.54) is 0 Å². The van der Waals surface area contributed by atoms with Gasteiger partial charge in [-0.3, -0.25) is 4.79 Å². The normalized spacial score (nSPS) is 13.9. The van der Waals surface area contributed by atoms with Crippen LogP contribution < -0.4 is 0 Å². The molecule has 1 aromatic rings. The average Bonchev–Trinajstić information content (AvgIpc) is 2.45. The Labute approximate surface area is 77.4 Å². The zero-order valence-electron chi connectivity index (χ0n) is 7.50. The summed E-state index contributed by atoms with van der Waals surface area (Å²) in [7, 11) is 0. The van der Waals surface area contributed by atoms with Crippen molar-refractivity contribution in [2.24, 2.45) is 0 Å². The van der Waals surface area contributed by atoms with E-state index in [-0.39, 0.29) is 5.78 Å². The van der Waals surface area contributed by atoms with Crippen molar-refractivity contribution in [1.82, 2.24) is 0 Å². The summed E-state index contributed by atoms with van der Waals surface area (Å²) >= 11 is 0. The predicted octanol–water partition coefficient (Wildman–Crippen LogP) is 2.69. The topological polar surface area (TPSA) is 17.1 Å². The highest BCUT2D eigenvalue weighted by Gasteiger charge is 2.18. The smallest absolute Gasteiger partial charge is 0.160 e. The summed E-state index contributed by atoms with van der Waals surface area (Å²) in [6.07, 6.45) is 1.85. The minimum Gasteiger partial charge on any atom is -0.294 e. The highest BCUT2D eigenvalue weighted by Crippen LogP contribution is 2.34. The molecule has 1 aromatic carbocycles. The molecule has 1 nitrogen and oxygen atoms in total. The van der Waals surface area contributed by atoms with Crippen molar-refractivity contribution < 1.29 is 4.79 Å². The van der Waals surface area contributed by atoms with E-state index in [0.29, 0.717) is 0 Å². The molecule has 0 unspecified atom stereocenters. The molecule has 0 fully saturated rings. The summed E-state index contributed by atoms with van der Waals surface area (Å²) in [5, 5.41) is 0. The molecule has 0 saturated carbocycles. The van der Waals surface area contributed by atoms with Gasteiger partial charge in [0.15, 0.2) is 5.78 Å². The standard InChI is InChI=1S/C12H10O/c1-8-7-12(9(2)13)11-6-4-3-5-10(8)11/h3-7H,1H2,2H3. The summed E-state index contributed by atoms with van der Waals surface area (Å²) in [5.74, 6) is 0.103. The Hall–Kier alpha value is -1.63. The molecule has 1 heteroatoms. The molecule has 0 heterocycles. The van der Waals surface area contributed by atoms with E-state index in [2.05, 4.69) is 6.58 Å².